The minimum Gasteiger partial charge on any atom is -0.285 e. The number of carbonyl (C=O) groups is 1. The number of carbonyl (C=O) groups excluding carboxylic acids is 1. The lowest BCUT2D eigenvalue weighted by atomic mass is 10.2. The van der Waals surface area contributed by atoms with E-state index in [0.29, 0.717) is 0 Å². The quantitative estimate of drug-likeness (QED) is 0.619. The molecule has 11 heteroatoms. The number of halogens is 6. The Hall–Kier alpha value is -1.49. The maximum atomic E-state index is 12.3. The molecular formula is C9H2F6N2OS2. The van der Waals surface area contributed by atoms with E-state index >= 15 is 0 Å². The predicted octanol–water partition coefficient (Wildman–Crippen LogP) is 3.87. The van der Waals surface area contributed by atoms with Crippen molar-refractivity contribution in [2.24, 2.45) is 0 Å². The Bertz CT molecular complexity index is 587. The van der Waals surface area contributed by atoms with Crippen LogP contribution in [0.25, 0.3) is 0 Å². The molecule has 0 N–H and O–H groups in total. The van der Waals surface area contributed by atoms with Crippen LogP contribution in [-0.4, -0.2) is 15.8 Å². The Morgan fingerprint density at radius 2 is 1.20 bits per heavy atom. The molecule has 0 fully saturated rings. The molecule has 20 heavy (non-hydrogen) atoms. The van der Waals surface area contributed by atoms with Crippen molar-refractivity contribution >= 4 is 28.5 Å². The fourth-order valence-electron chi connectivity index (χ4n) is 1.15. The smallest absolute Gasteiger partial charge is 0.285 e. The van der Waals surface area contributed by atoms with E-state index < -0.39 is 39.5 Å². The SMILES string of the molecule is O=C(c1csc(C(F)(F)F)n1)c1csc(C(F)(F)F)n1. The van der Waals surface area contributed by atoms with E-state index in [4.69, 9.17) is 0 Å². The molecule has 0 atom stereocenters. The number of hydrogen-bond donors (Lipinski definition) is 0. The van der Waals surface area contributed by atoms with Gasteiger partial charge in [0.2, 0.25) is 5.78 Å². The molecular weight excluding hydrogens is 330 g/mol. The first-order chi connectivity index (χ1) is 9.09. The number of alkyl halides is 6. The molecule has 2 heterocycles. The van der Waals surface area contributed by atoms with Gasteiger partial charge in [-0.05, 0) is 0 Å². The zero-order valence-electron chi connectivity index (χ0n) is 9.04. The highest BCUT2D eigenvalue weighted by Crippen LogP contribution is 2.34. The molecule has 3 nitrogen and oxygen atoms in total. The van der Waals surface area contributed by atoms with Crippen molar-refractivity contribution in [3.63, 3.8) is 0 Å². The summed E-state index contributed by atoms with van der Waals surface area (Å²) in [7, 11) is 0. The first-order valence-electron chi connectivity index (χ1n) is 4.69. The molecule has 0 aliphatic heterocycles. The Labute approximate surface area is 114 Å². The van der Waals surface area contributed by atoms with Crippen LogP contribution in [0.15, 0.2) is 10.8 Å². The van der Waals surface area contributed by atoms with Crippen LogP contribution in [0.3, 0.4) is 0 Å². The van der Waals surface area contributed by atoms with E-state index in [0.717, 1.165) is 10.8 Å². The molecule has 2 aromatic heterocycles. The van der Waals surface area contributed by atoms with Crippen molar-refractivity contribution in [3.05, 3.63) is 32.2 Å². The Kier molecular flexibility index (Phi) is 3.58. The average molecular weight is 332 g/mol. The van der Waals surface area contributed by atoms with Crippen LogP contribution in [-0.2, 0) is 12.4 Å². The number of ketones is 1. The van der Waals surface area contributed by atoms with Crippen LogP contribution in [0.1, 0.15) is 26.2 Å². The average Bonchev–Trinajstić information content (AvgIpc) is 2.96. The van der Waals surface area contributed by atoms with Gasteiger partial charge >= 0.3 is 12.4 Å². The highest BCUT2D eigenvalue weighted by Gasteiger charge is 2.37. The fourth-order valence-corrected chi connectivity index (χ4v) is 2.48. The van der Waals surface area contributed by atoms with Gasteiger partial charge in [-0.25, -0.2) is 9.97 Å². The molecule has 0 aliphatic carbocycles. The molecule has 0 unspecified atom stereocenters. The van der Waals surface area contributed by atoms with Crippen molar-refractivity contribution in [1.29, 1.82) is 0 Å². The zero-order chi connectivity index (χ0) is 15.1. The first kappa shape index (κ1) is 14.9. The van der Waals surface area contributed by atoms with Crippen LogP contribution in [0.4, 0.5) is 26.3 Å². The van der Waals surface area contributed by atoms with Gasteiger partial charge in [0.15, 0.2) is 10.0 Å². The summed E-state index contributed by atoms with van der Waals surface area (Å²) in [6, 6.07) is 0. The lowest BCUT2D eigenvalue weighted by Crippen LogP contribution is -2.09. The van der Waals surface area contributed by atoms with E-state index in [2.05, 4.69) is 9.97 Å². The number of thiazole rings is 2. The van der Waals surface area contributed by atoms with Gasteiger partial charge in [-0.15, -0.1) is 22.7 Å². The minimum atomic E-state index is -4.71. The molecule has 108 valence electrons. The van der Waals surface area contributed by atoms with Gasteiger partial charge in [0, 0.05) is 10.8 Å². The first-order valence-corrected chi connectivity index (χ1v) is 6.45. The second-order valence-electron chi connectivity index (χ2n) is 3.40. The third kappa shape index (κ3) is 2.98. The number of hydrogen-bond acceptors (Lipinski definition) is 5. The third-order valence-electron chi connectivity index (χ3n) is 1.96. The molecule has 0 amide bonds. The zero-order valence-corrected chi connectivity index (χ0v) is 10.7. The van der Waals surface area contributed by atoms with Crippen LogP contribution in [0, 0.1) is 0 Å². The summed E-state index contributed by atoms with van der Waals surface area (Å²) in [5, 5.41) is -0.825. The van der Waals surface area contributed by atoms with Gasteiger partial charge in [0.1, 0.15) is 11.4 Å². The highest BCUT2D eigenvalue weighted by molar-refractivity contribution is 7.10. The maximum Gasteiger partial charge on any atom is 0.443 e. The maximum absolute atomic E-state index is 12.3. The van der Waals surface area contributed by atoms with Crippen molar-refractivity contribution in [2.75, 3.05) is 0 Å². The molecule has 2 rings (SSSR count). The number of nitrogens with zero attached hydrogens (tertiary/aromatic N) is 2. The molecule has 0 saturated carbocycles. The van der Waals surface area contributed by atoms with Gasteiger partial charge < -0.3 is 0 Å². The molecule has 0 aromatic carbocycles. The second kappa shape index (κ2) is 4.81. The van der Waals surface area contributed by atoms with Crippen molar-refractivity contribution in [3.8, 4) is 0 Å². The summed E-state index contributed by atoms with van der Waals surface area (Å²) < 4.78 is 73.8. The van der Waals surface area contributed by atoms with Crippen LogP contribution in [0.2, 0.25) is 0 Å². The van der Waals surface area contributed by atoms with Crippen LogP contribution >= 0.6 is 22.7 Å². The van der Waals surface area contributed by atoms with E-state index in [1.807, 2.05) is 0 Å². The normalized spacial score (nSPS) is 12.7. The number of aromatic nitrogens is 2. The van der Waals surface area contributed by atoms with Gasteiger partial charge in [-0.2, -0.15) is 26.3 Å². The van der Waals surface area contributed by atoms with Crippen molar-refractivity contribution < 1.29 is 31.1 Å². The van der Waals surface area contributed by atoms with Gasteiger partial charge in [0.05, 0.1) is 0 Å². The second-order valence-corrected chi connectivity index (χ2v) is 5.12. The topological polar surface area (TPSA) is 42.9 Å². The largest absolute Gasteiger partial charge is 0.443 e. The highest BCUT2D eigenvalue weighted by atomic mass is 32.1. The summed E-state index contributed by atoms with van der Waals surface area (Å²) in [6.07, 6.45) is -9.41. The minimum absolute atomic E-state index is 0.188. The lowest BCUT2D eigenvalue weighted by molar-refractivity contribution is -0.138. The van der Waals surface area contributed by atoms with Gasteiger partial charge in [0.25, 0.3) is 0 Å². The third-order valence-corrected chi connectivity index (χ3v) is 3.73. The summed E-state index contributed by atoms with van der Waals surface area (Å²) in [5.74, 6) is -1.08. The van der Waals surface area contributed by atoms with E-state index in [9.17, 15) is 31.1 Å². The Balaban J connectivity index is 2.28. The summed E-state index contributed by atoms with van der Waals surface area (Å²) >= 11 is 0.377. The molecule has 0 radical (unpaired) electrons. The van der Waals surface area contributed by atoms with Crippen LogP contribution < -0.4 is 0 Å². The molecule has 2 aromatic rings. The predicted molar refractivity (Wildman–Crippen MR) is 57.7 cm³/mol. The fraction of sp³-hybridized carbons (Fsp3) is 0.222. The summed E-state index contributed by atoms with van der Waals surface area (Å²) in [6.45, 7) is 0. The standard InChI is InChI=1S/C9H2F6N2OS2/c10-8(11,12)6-16-3(1-19-6)5(18)4-2-20-7(17-4)9(13,14)15/h1-2H. The lowest BCUT2D eigenvalue weighted by Gasteiger charge is -1.99. The van der Waals surface area contributed by atoms with Crippen molar-refractivity contribution in [2.45, 2.75) is 12.4 Å². The van der Waals surface area contributed by atoms with Crippen LogP contribution in [0.5, 0.6) is 0 Å². The van der Waals surface area contributed by atoms with E-state index in [-0.39, 0.29) is 22.7 Å². The Morgan fingerprint density at radius 3 is 1.45 bits per heavy atom. The summed E-state index contributed by atoms with van der Waals surface area (Å²) in [5.41, 5.74) is -1.16. The van der Waals surface area contributed by atoms with E-state index in [1.165, 1.54) is 0 Å². The van der Waals surface area contributed by atoms with Gasteiger partial charge in [-0.1, -0.05) is 0 Å². The monoisotopic (exact) mass is 332 g/mol. The number of rotatable bonds is 2. The Morgan fingerprint density at radius 1 is 0.850 bits per heavy atom. The summed E-state index contributed by atoms with van der Waals surface area (Å²) in [4.78, 5) is 17.8. The van der Waals surface area contributed by atoms with E-state index in [1.54, 1.807) is 0 Å². The van der Waals surface area contributed by atoms with Crippen molar-refractivity contribution in [1.82, 2.24) is 9.97 Å². The molecule has 0 aliphatic rings. The molecule has 0 saturated heterocycles. The van der Waals surface area contributed by atoms with Gasteiger partial charge in [-0.3, -0.25) is 4.79 Å². The molecule has 0 spiro atoms. The molecule has 0 bridgehead atoms.